The number of nitrogens with two attached hydrogens (primary N) is 2. The molecule has 0 radical (unpaired) electrons. The van der Waals surface area contributed by atoms with Gasteiger partial charge in [-0.2, -0.15) is 9.50 Å². The minimum atomic E-state index is -1.57. The van der Waals surface area contributed by atoms with Crippen molar-refractivity contribution in [1.82, 2.24) is 40.2 Å². The molecular weight excluding hydrogens is 667 g/mol. The van der Waals surface area contributed by atoms with Crippen molar-refractivity contribution < 1.29 is 39.3 Å². The number of nitrogen functional groups attached to an aromatic ring is 1. The summed E-state index contributed by atoms with van der Waals surface area (Å²) in [5, 5.41) is 40.9. The van der Waals surface area contributed by atoms with Crippen molar-refractivity contribution in [3.05, 3.63) is 39.9 Å². The predicted molar refractivity (Wildman–Crippen MR) is 164 cm³/mol. The number of oxime groups is 1. The Balaban J connectivity index is 1.33. The largest absolute Gasteiger partial charge is 0.477 e. The molecular formula is C24H27N11O8S3. The van der Waals surface area contributed by atoms with Crippen LogP contribution in [0.2, 0.25) is 0 Å². The number of nitrogens with zero attached hydrogens (tertiary/aromatic N) is 7. The van der Waals surface area contributed by atoms with Crippen LogP contribution in [0, 0.1) is 0 Å². The van der Waals surface area contributed by atoms with Gasteiger partial charge in [0.25, 0.3) is 23.5 Å². The first-order chi connectivity index (χ1) is 21.9. The van der Waals surface area contributed by atoms with Gasteiger partial charge in [0.1, 0.15) is 34.4 Å². The van der Waals surface area contributed by atoms with Crippen LogP contribution in [0.3, 0.4) is 0 Å². The quantitative estimate of drug-likeness (QED) is 0.0209. The Labute approximate surface area is 271 Å². The van der Waals surface area contributed by atoms with E-state index in [2.05, 4.69) is 30.5 Å². The van der Waals surface area contributed by atoms with Crippen molar-refractivity contribution in [2.24, 2.45) is 11.0 Å². The van der Waals surface area contributed by atoms with Gasteiger partial charge in [0, 0.05) is 16.9 Å². The second-order valence-corrected chi connectivity index (χ2v) is 13.1. The lowest BCUT2D eigenvalue weighted by molar-refractivity contribution is -0.150. The number of carbonyl (C=O) groups excluding carboxylic acids is 3. The maximum absolute atomic E-state index is 13.4. The summed E-state index contributed by atoms with van der Waals surface area (Å²) in [6, 6.07) is 0.461. The molecule has 2 aliphatic heterocycles. The first kappa shape index (κ1) is 33.0. The highest BCUT2D eigenvalue weighted by Crippen LogP contribution is 2.41. The number of carbonyl (C=O) groups is 4. The molecule has 3 amide bonds. The fourth-order valence-electron chi connectivity index (χ4n) is 4.34. The second-order valence-electron chi connectivity index (χ2n) is 10.1. The molecule has 1 saturated heterocycles. The number of anilines is 1. The monoisotopic (exact) mass is 693 g/mol. The highest BCUT2D eigenvalue weighted by atomic mass is 32.2. The summed E-state index contributed by atoms with van der Waals surface area (Å²) < 4.78 is 1.30. The summed E-state index contributed by atoms with van der Waals surface area (Å²) in [5.74, 6) is 2.25. The molecule has 46 heavy (non-hydrogen) atoms. The zero-order chi connectivity index (χ0) is 33.3. The maximum atomic E-state index is 13.4. The van der Waals surface area contributed by atoms with Crippen molar-refractivity contribution in [3.8, 4) is 0 Å². The van der Waals surface area contributed by atoms with E-state index >= 15 is 0 Å². The van der Waals surface area contributed by atoms with Gasteiger partial charge in [0.05, 0.1) is 12.3 Å². The lowest BCUT2D eigenvalue weighted by Gasteiger charge is -2.49. The highest BCUT2D eigenvalue weighted by Gasteiger charge is 2.54. The van der Waals surface area contributed by atoms with Crippen molar-refractivity contribution in [1.29, 1.82) is 0 Å². The van der Waals surface area contributed by atoms with Crippen molar-refractivity contribution in [3.63, 3.8) is 0 Å². The third kappa shape index (κ3) is 6.34. The number of hydrazine groups is 1. The third-order valence-electron chi connectivity index (χ3n) is 6.66. The van der Waals surface area contributed by atoms with Crippen LogP contribution in [0.25, 0.3) is 5.78 Å². The molecule has 0 bridgehead atoms. The zero-order valence-electron chi connectivity index (χ0n) is 24.0. The molecule has 2 aliphatic rings. The van der Waals surface area contributed by atoms with E-state index in [9.17, 15) is 34.5 Å². The first-order valence-electron chi connectivity index (χ1n) is 13.2. The van der Waals surface area contributed by atoms with Gasteiger partial charge in [0.15, 0.2) is 16.7 Å². The number of β-lactam (4-membered cyclic amide) rings is 1. The highest BCUT2D eigenvalue weighted by molar-refractivity contribution is 8.01. The van der Waals surface area contributed by atoms with Gasteiger partial charge in [-0.1, -0.05) is 5.16 Å². The molecule has 1 unspecified atom stereocenters. The van der Waals surface area contributed by atoms with Crippen molar-refractivity contribution in [2.45, 2.75) is 49.1 Å². The van der Waals surface area contributed by atoms with Gasteiger partial charge in [-0.05, 0) is 25.5 Å². The zero-order valence-corrected chi connectivity index (χ0v) is 26.5. The summed E-state index contributed by atoms with van der Waals surface area (Å²) in [5.41, 5.74) is 6.35. The second kappa shape index (κ2) is 13.2. The number of hydrogen-bond acceptors (Lipinski definition) is 17. The predicted octanol–water partition coefficient (Wildman–Crippen LogP) is -1.83. The Bertz CT molecular complexity index is 1790. The number of aliphatic hydroxyl groups is 2. The fraction of sp³-hybridized carbons (Fsp3) is 0.375. The smallest absolute Gasteiger partial charge is 0.352 e. The maximum Gasteiger partial charge on any atom is 0.352 e. The van der Waals surface area contributed by atoms with Crippen LogP contribution < -0.4 is 22.3 Å². The van der Waals surface area contributed by atoms with Crippen LogP contribution in [0.1, 0.15) is 31.1 Å². The summed E-state index contributed by atoms with van der Waals surface area (Å²) in [7, 11) is 0. The number of aliphatic carboxylic acids is 1. The fourth-order valence-corrected chi connectivity index (χ4v) is 7.29. The molecule has 1 fully saturated rings. The number of rotatable bonds is 12. The molecule has 3 aromatic heterocycles. The number of carboxylic acid groups (broad SMARTS) is 1. The molecule has 19 nitrogen and oxygen atoms in total. The molecule has 0 aliphatic carbocycles. The van der Waals surface area contributed by atoms with E-state index in [0.29, 0.717) is 16.3 Å². The normalized spacial score (nSPS) is 18.3. The van der Waals surface area contributed by atoms with E-state index in [1.54, 1.807) is 6.07 Å². The summed E-state index contributed by atoms with van der Waals surface area (Å²) >= 11 is 3.45. The Kier molecular flexibility index (Phi) is 9.46. The molecule has 0 aromatic carbocycles. The molecule has 0 saturated carbocycles. The first-order valence-corrected chi connectivity index (χ1v) is 16.1. The van der Waals surface area contributed by atoms with Gasteiger partial charge in [-0.3, -0.25) is 24.7 Å². The average Bonchev–Trinajstić information content (AvgIpc) is 3.66. The molecule has 9 N–H and O–H groups in total. The topological polar surface area (TPSA) is 286 Å². The van der Waals surface area contributed by atoms with E-state index < -0.39 is 47.3 Å². The molecule has 2 atom stereocenters. The SMILES string of the molecule is CC(C)(ON=C(C(=O)NC1C(=O)N2C(C(=O)O)=C(CSc3cc(CO)n4nc(CO)nc4n3)CS[C@@H]12)c1csc(N)n1)C(=O)NN. The van der Waals surface area contributed by atoms with Gasteiger partial charge in [-0.15, -0.1) is 40.0 Å². The number of carboxylic acids is 1. The van der Waals surface area contributed by atoms with Crippen molar-refractivity contribution >= 4 is 75.2 Å². The number of hydrogen-bond donors (Lipinski definition) is 7. The number of aliphatic hydroxyl groups excluding tert-OH is 2. The third-order valence-corrected chi connectivity index (χ3v) is 9.67. The Hall–Kier alpha value is -4.35. The average molecular weight is 694 g/mol. The molecule has 5 rings (SSSR count). The van der Waals surface area contributed by atoms with Crippen LogP contribution in [-0.2, 0) is 37.2 Å². The Morgan fingerprint density at radius 1 is 1.24 bits per heavy atom. The molecule has 0 spiro atoms. The van der Waals surface area contributed by atoms with Crippen LogP contribution in [-0.4, -0.2) is 103 Å². The lowest BCUT2D eigenvalue weighted by atomic mass is 10.0. The van der Waals surface area contributed by atoms with Gasteiger partial charge in [-0.25, -0.2) is 20.6 Å². The van der Waals surface area contributed by atoms with Crippen LogP contribution in [0.5, 0.6) is 0 Å². The summed E-state index contributed by atoms with van der Waals surface area (Å²) in [6.07, 6.45) is 0. The van der Waals surface area contributed by atoms with Crippen molar-refractivity contribution in [2.75, 3.05) is 17.2 Å². The molecule has 22 heteroatoms. The number of fused-ring (bicyclic) bond motifs is 2. The van der Waals surface area contributed by atoms with E-state index in [-0.39, 0.29) is 51.9 Å². The van der Waals surface area contributed by atoms with E-state index in [1.807, 2.05) is 5.43 Å². The minimum Gasteiger partial charge on any atom is -0.477 e. The lowest BCUT2D eigenvalue weighted by Crippen LogP contribution is -2.71. The van der Waals surface area contributed by atoms with Gasteiger partial charge < -0.3 is 31.2 Å². The number of nitrogens with one attached hydrogen (secondary N) is 2. The Morgan fingerprint density at radius 2 is 2.00 bits per heavy atom. The standard InChI is InChI=1S/C24H27N11O8S3/c1-24(2,21(42)31-26)43-33-14(11-8-46-22(25)27-11)17(38)30-15-18(39)34-16(20(40)41)9(7-45-19(15)34)6-44-13-3-10(4-36)35-23(29-13)28-12(5-37)32-35/h3,8,15,19,36-37H,4-7,26H2,1-2H3,(H2,25,27)(H,30,38)(H,31,42)(H,40,41)/t15?,19-/m0/s1. The van der Waals surface area contributed by atoms with Gasteiger partial charge in [0.2, 0.25) is 5.60 Å². The van der Waals surface area contributed by atoms with E-state index in [4.69, 9.17) is 16.4 Å². The van der Waals surface area contributed by atoms with E-state index in [1.165, 1.54) is 47.3 Å². The number of amides is 3. The van der Waals surface area contributed by atoms with Crippen LogP contribution in [0.4, 0.5) is 5.13 Å². The molecule has 244 valence electrons. The molecule has 3 aromatic rings. The van der Waals surface area contributed by atoms with Crippen LogP contribution in [0.15, 0.2) is 32.9 Å². The van der Waals surface area contributed by atoms with Crippen LogP contribution >= 0.6 is 34.9 Å². The number of thiazole rings is 1. The molecule has 5 heterocycles. The van der Waals surface area contributed by atoms with E-state index in [0.717, 1.165) is 16.2 Å². The summed E-state index contributed by atoms with van der Waals surface area (Å²) in [6.45, 7) is 1.94. The minimum absolute atomic E-state index is 0.0316. The van der Waals surface area contributed by atoms with Gasteiger partial charge >= 0.3 is 5.97 Å². The summed E-state index contributed by atoms with van der Waals surface area (Å²) in [4.78, 5) is 69.9. The number of aromatic nitrogens is 5. The Morgan fingerprint density at radius 3 is 2.63 bits per heavy atom. The number of thioether (sulfide) groups is 2.